The molecule has 1 amide bonds. The maximum atomic E-state index is 12.3. The van der Waals surface area contributed by atoms with Gasteiger partial charge in [-0.2, -0.15) is 0 Å². The van der Waals surface area contributed by atoms with Gasteiger partial charge in [0.15, 0.2) is 6.29 Å². The van der Waals surface area contributed by atoms with Crippen LogP contribution in [0.5, 0.6) is 0 Å². The minimum absolute atomic E-state index is 0.120. The molecule has 0 atom stereocenters. The van der Waals surface area contributed by atoms with E-state index in [0.29, 0.717) is 11.5 Å². The number of nitrogens with zero attached hydrogens (tertiary/aromatic N) is 1. The summed E-state index contributed by atoms with van der Waals surface area (Å²) in [4.78, 5) is 23.5. The molecule has 4 heteroatoms. The van der Waals surface area contributed by atoms with Gasteiger partial charge in [0.05, 0.1) is 0 Å². The van der Waals surface area contributed by atoms with Crippen LogP contribution in [0.4, 0.5) is 5.69 Å². The number of hydrogen-bond acceptors (Lipinski definition) is 2. The van der Waals surface area contributed by atoms with Crippen LogP contribution in [-0.4, -0.2) is 16.8 Å². The molecule has 0 spiro atoms. The summed E-state index contributed by atoms with van der Waals surface area (Å²) >= 11 is 0. The van der Waals surface area contributed by atoms with Crippen LogP contribution >= 0.6 is 0 Å². The summed E-state index contributed by atoms with van der Waals surface area (Å²) in [6, 6.07) is 15.5. The van der Waals surface area contributed by atoms with Crippen molar-refractivity contribution in [2.45, 2.75) is 26.3 Å². The Hall–Kier alpha value is -2.88. The Morgan fingerprint density at radius 3 is 2.50 bits per heavy atom. The summed E-state index contributed by atoms with van der Waals surface area (Å²) in [6.07, 6.45) is 2.54. The lowest BCUT2D eigenvalue weighted by molar-refractivity contribution is -0.116. The summed E-state index contributed by atoms with van der Waals surface area (Å²) in [5.41, 5.74) is 3.49. The first-order valence-electron chi connectivity index (χ1n) is 8.01. The number of para-hydroxylation sites is 1. The average molecular weight is 320 g/mol. The number of fused-ring (bicyclic) bond motifs is 1. The molecule has 0 saturated heterocycles. The number of hydrogen-bond donors (Lipinski definition) is 1. The van der Waals surface area contributed by atoms with Gasteiger partial charge in [-0.3, -0.25) is 9.59 Å². The lowest BCUT2D eigenvalue weighted by Gasteiger charge is -2.09. The fraction of sp³-hybridized carbons (Fsp3) is 0.200. The minimum atomic E-state index is -0.120. The van der Waals surface area contributed by atoms with Crippen LogP contribution < -0.4 is 5.32 Å². The molecule has 0 saturated carbocycles. The van der Waals surface area contributed by atoms with Crippen molar-refractivity contribution in [2.24, 2.45) is 0 Å². The van der Waals surface area contributed by atoms with Crippen molar-refractivity contribution in [3.05, 3.63) is 65.9 Å². The van der Waals surface area contributed by atoms with Gasteiger partial charge in [-0.15, -0.1) is 0 Å². The summed E-state index contributed by atoms with van der Waals surface area (Å²) in [5, 5.41) is 3.76. The van der Waals surface area contributed by atoms with Gasteiger partial charge in [0.1, 0.15) is 6.54 Å². The van der Waals surface area contributed by atoms with Crippen molar-refractivity contribution in [1.82, 2.24) is 4.57 Å². The Balaban J connectivity index is 1.76. The van der Waals surface area contributed by atoms with Gasteiger partial charge in [-0.25, -0.2) is 0 Å². The molecule has 2 aromatic carbocycles. The molecular formula is C20H20N2O2. The number of aldehydes is 1. The van der Waals surface area contributed by atoms with E-state index in [1.54, 1.807) is 10.8 Å². The fourth-order valence-electron chi connectivity index (χ4n) is 2.81. The van der Waals surface area contributed by atoms with Gasteiger partial charge in [0.2, 0.25) is 5.91 Å². The third kappa shape index (κ3) is 3.23. The SMILES string of the molecule is CC(C)c1ccc(NC(=O)Cn2cc(C=O)c3ccccc32)cc1. The van der Waals surface area contributed by atoms with Gasteiger partial charge in [-0.05, 0) is 29.7 Å². The van der Waals surface area contributed by atoms with Crippen LogP contribution in [0.15, 0.2) is 54.7 Å². The zero-order chi connectivity index (χ0) is 17.1. The topological polar surface area (TPSA) is 51.1 Å². The van der Waals surface area contributed by atoms with Crippen LogP contribution in [0.3, 0.4) is 0 Å². The van der Waals surface area contributed by atoms with Crippen LogP contribution in [0.1, 0.15) is 35.7 Å². The number of anilines is 1. The Morgan fingerprint density at radius 1 is 1.12 bits per heavy atom. The first kappa shape index (κ1) is 16.0. The first-order valence-corrected chi connectivity index (χ1v) is 8.01. The highest BCUT2D eigenvalue weighted by Gasteiger charge is 2.10. The van der Waals surface area contributed by atoms with E-state index < -0.39 is 0 Å². The lowest BCUT2D eigenvalue weighted by atomic mass is 10.0. The van der Waals surface area contributed by atoms with E-state index in [4.69, 9.17) is 0 Å². The zero-order valence-electron chi connectivity index (χ0n) is 13.8. The monoisotopic (exact) mass is 320 g/mol. The molecule has 1 aromatic heterocycles. The molecule has 1 heterocycles. The quantitative estimate of drug-likeness (QED) is 0.716. The van der Waals surface area contributed by atoms with Crippen LogP contribution in [-0.2, 0) is 11.3 Å². The normalized spacial score (nSPS) is 11.0. The summed E-state index contributed by atoms with van der Waals surface area (Å²) < 4.78 is 1.80. The van der Waals surface area contributed by atoms with Gasteiger partial charge >= 0.3 is 0 Å². The largest absolute Gasteiger partial charge is 0.337 e. The number of carbonyl (C=O) groups is 2. The fourth-order valence-corrected chi connectivity index (χ4v) is 2.81. The van der Waals surface area contributed by atoms with Gasteiger partial charge in [0, 0.05) is 28.4 Å². The molecule has 1 N–H and O–H groups in total. The number of benzene rings is 2. The van der Waals surface area contributed by atoms with Crippen LogP contribution in [0.25, 0.3) is 10.9 Å². The molecule has 0 bridgehead atoms. The highest BCUT2D eigenvalue weighted by Crippen LogP contribution is 2.20. The molecule has 0 unspecified atom stereocenters. The Labute approximate surface area is 141 Å². The summed E-state index contributed by atoms with van der Waals surface area (Å²) in [6.45, 7) is 4.44. The highest BCUT2D eigenvalue weighted by atomic mass is 16.2. The van der Waals surface area contributed by atoms with Gasteiger partial charge in [-0.1, -0.05) is 44.2 Å². The predicted octanol–water partition coefficient (Wildman–Crippen LogP) is 4.22. The van der Waals surface area contributed by atoms with Gasteiger partial charge in [0.25, 0.3) is 0 Å². The second-order valence-corrected chi connectivity index (χ2v) is 6.17. The number of amides is 1. The number of carbonyl (C=O) groups excluding carboxylic acids is 2. The number of nitrogens with one attached hydrogen (secondary N) is 1. The second-order valence-electron chi connectivity index (χ2n) is 6.17. The number of rotatable bonds is 5. The van der Waals surface area contributed by atoms with E-state index in [1.807, 2.05) is 48.5 Å². The number of aromatic nitrogens is 1. The molecular weight excluding hydrogens is 300 g/mol. The van der Waals surface area contributed by atoms with Crippen molar-refractivity contribution < 1.29 is 9.59 Å². The molecule has 0 fully saturated rings. The van der Waals surface area contributed by atoms with E-state index in [2.05, 4.69) is 19.2 Å². The molecule has 3 rings (SSSR count). The van der Waals surface area contributed by atoms with Crippen molar-refractivity contribution in [2.75, 3.05) is 5.32 Å². The lowest BCUT2D eigenvalue weighted by Crippen LogP contribution is -2.18. The molecule has 24 heavy (non-hydrogen) atoms. The van der Waals surface area contributed by atoms with Crippen molar-refractivity contribution >= 4 is 28.8 Å². The van der Waals surface area contributed by atoms with E-state index >= 15 is 0 Å². The van der Waals surface area contributed by atoms with Crippen molar-refractivity contribution in [3.8, 4) is 0 Å². The molecule has 0 aliphatic carbocycles. The van der Waals surface area contributed by atoms with E-state index in [1.165, 1.54) is 5.56 Å². The van der Waals surface area contributed by atoms with Crippen molar-refractivity contribution in [1.29, 1.82) is 0 Å². The second kappa shape index (κ2) is 6.71. The molecule has 4 nitrogen and oxygen atoms in total. The average Bonchev–Trinajstić information content (AvgIpc) is 2.93. The van der Waals surface area contributed by atoms with E-state index in [0.717, 1.165) is 22.9 Å². The third-order valence-corrected chi connectivity index (χ3v) is 4.12. The molecule has 122 valence electrons. The van der Waals surface area contributed by atoms with Gasteiger partial charge < -0.3 is 9.88 Å². The standard InChI is InChI=1S/C20H20N2O2/c1-14(2)15-7-9-17(10-8-15)21-20(24)12-22-11-16(13-23)18-5-3-4-6-19(18)22/h3-11,13-14H,12H2,1-2H3,(H,21,24). The smallest absolute Gasteiger partial charge is 0.244 e. The van der Waals surface area contributed by atoms with Crippen LogP contribution in [0.2, 0.25) is 0 Å². The summed E-state index contributed by atoms with van der Waals surface area (Å²) in [7, 11) is 0. The maximum absolute atomic E-state index is 12.3. The van der Waals surface area contributed by atoms with E-state index in [-0.39, 0.29) is 12.5 Å². The molecule has 0 aliphatic rings. The Kier molecular flexibility index (Phi) is 4.47. The minimum Gasteiger partial charge on any atom is -0.337 e. The van der Waals surface area contributed by atoms with E-state index in [9.17, 15) is 9.59 Å². The highest BCUT2D eigenvalue weighted by molar-refractivity contribution is 5.99. The Morgan fingerprint density at radius 2 is 1.83 bits per heavy atom. The van der Waals surface area contributed by atoms with Crippen LogP contribution in [0, 0.1) is 0 Å². The molecule has 3 aromatic rings. The molecule has 0 aliphatic heterocycles. The Bertz CT molecular complexity index is 876. The zero-order valence-corrected chi connectivity index (χ0v) is 13.8. The first-order chi connectivity index (χ1) is 11.6. The predicted molar refractivity (Wildman–Crippen MR) is 96.5 cm³/mol. The molecule has 0 radical (unpaired) electrons. The maximum Gasteiger partial charge on any atom is 0.244 e. The summed E-state index contributed by atoms with van der Waals surface area (Å²) in [5.74, 6) is 0.341. The van der Waals surface area contributed by atoms with Crippen molar-refractivity contribution in [3.63, 3.8) is 0 Å². The third-order valence-electron chi connectivity index (χ3n) is 4.12.